The number of aliphatic carboxylic acids is 1. The first-order valence-corrected chi connectivity index (χ1v) is 3.20. The summed E-state index contributed by atoms with van der Waals surface area (Å²) in [4.78, 5) is 20.3. The van der Waals surface area contributed by atoms with Gasteiger partial charge in [0.05, 0.1) is 0 Å². The van der Waals surface area contributed by atoms with Crippen LogP contribution in [0.1, 0.15) is 19.8 Å². The van der Waals surface area contributed by atoms with E-state index in [0.29, 0.717) is 12.0 Å². The Balaban J connectivity index is 3.77. The predicted octanol–water partition coefficient (Wildman–Crippen LogP) is 0.283. The van der Waals surface area contributed by atoms with Crippen molar-refractivity contribution in [3.8, 4) is 0 Å². The number of hydrogen-bond donors (Lipinski definition) is 2. The zero-order valence-electron chi connectivity index (χ0n) is 6.33. The number of nitrogens with two attached hydrogens (primary N) is 1. The molecule has 4 heteroatoms. The average molecular weight is 157 g/mol. The predicted molar refractivity (Wildman–Crippen MR) is 39.8 cm³/mol. The fraction of sp³-hybridized carbons (Fsp3) is 0.429. The van der Waals surface area contributed by atoms with Crippen molar-refractivity contribution in [3.63, 3.8) is 0 Å². The third-order valence-corrected chi connectivity index (χ3v) is 1.12. The van der Waals surface area contributed by atoms with Crippen LogP contribution in [0.15, 0.2) is 11.6 Å². The summed E-state index contributed by atoms with van der Waals surface area (Å²) in [5.74, 6) is -1.41. The van der Waals surface area contributed by atoms with Crippen molar-refractivity contribution in [2.75, 3.05) is 0 Å². The second-order valence-corrected chi connectivity index (χ2v) is 2.29. The van der Waals surface area contributed by atoms with E-state index in [0.717, 1.165) is 0 Å². The maximum Gasteiger partial charge on any atom is 0.303 e. The molecule has 0 bridgehead atoms. The Morgan fingerprint density at radius 1 is 1.45 bits per heavy atom. The van der Waals surface area contributed by atoms with Crippen molar-refractivity contribution >= 4 is 11.9 Å². The molecule has 62 valence electrons. The molecule has 0 fully saturated rings. The van der Waals surface area contributed by atoms with E-state index >= 15 is 0 Å². The van der Waals surface area contributed by atoms with E-state index in [4.69, 9.17) is 10.8 Å². The molecule has 0 saturated carbocycles. The van der Waals surface area contributed by atoms with Crippen LogP contribution in [-0.4, -0.2) is 17.0 Å². The third-order valence-electron chi connectivity index (χ3n) is 1.12. The van der Waals surface area contributed by atoms with Gasteiger partial charge >= 0.3 is 5.97 Å². The first-order valence-electron chi connectivity index (χ1n) is 3.20. The summed E-state index contributed by atoms with van der Waals surface area (Å²) in [7, 11) is 0. The van der Waals surface area contributed by atoms with Gasteiger partial charge in [0.1, 0.15) is 0 Å². The molecule has 0 rings (SSSR count). The number of carboxylic acid groups (broad SMARTS) is 1. The van der Waals surface area contributed by atoms with Gasteiger partial charge in [-0.05, 0) is 13.3 Å². The van der Waals surface area contributed by atoms with Gasteiger partial charge in [-0.3, -0.25) is 9.59 Å². The minimum absolute atomic E-state index is 0.0373. The molecule has 3 N–H and O–H groups in total. The molecule has 0 spiro atoms. The number of carboxylic acids is 1. The van der Waals surface area contributed by atoms with Crippen molar-refractivity contribution in [1.29, 1.82) is 0 Å². The molecule has 1 amide bonds. The standard InChI is InChI=1S/C7H11NO3/c1-5(4-6(8)9)2-3-7(10)11/h4H,2-3H2,1H3,(H2,8,9)(H,10,11). The van der Waals surface area contributed by atoms with Crippen molar-refractivity contribution < 1.29 is 14.7 Å². The molecule has 0 atom stereocenters. The molecule has 11 heavy (non-hydrogen) atoms. The molecule has 0 aromatic carbocycles. The summed E-state index contributed by atoms with van der Waals surface area (Å²) in [5.41, 5.74) is 5.53. The van der Waals surface area contributed by atoms with Crippen molar-refractivity contribution in [3.05, 3.63) is 11.6 Å². The van der Waals surface area contributed by atoms with Crippen LogP contribution in [0.5, 0.6) is 0 Å². The first-order chi connectivity index (χ1) is 5.02. The number of primary amides is 1. The molecule has 0 aromatic heterocycles. The van der Waals surface area contributed by atoms with Crippen LogP contribution in [0.2, 0.25) is 0 Å². The first kappa shape index (κ1) is 9.68. The van der Waals surface area contributed by atoms with Gasteiger partial charge in [0, 0.05) is 12.5 Å². The molecule has 0 heterocycles. The van der Waals surface area contributed by atoms with Crippen molar-refractivity contribution in [1.82, 2.24) is 0 Å². The van der Waals surface area contributed by atoms with Gasteiger partial charge in [-0.25, -0.2) is 0 Å². The van der Waals surface area contributed by atoms with E-state index < -0.39 is 11.9 Å². The minimum atomic E-state index is -0.873. The molecular formula is C7H11NO3. The van der Waals surface area contributed by atoms with Gasteiger partial charge in [-0.1, -0.05) is 5.57 Å². The lowest BCUT2D eigenvalue weighted by Crippen LogP contribution is -2.07. The largest absolute Gasteiger partial charge is 0.481 e. The van der Waals surface area contributed by atoms with Gasteiger partial charge in [-0.15, -0.1) is 0 Å². The molecule has 4 nitrogen and oxygen atoms in total. The molecule has 0 radical (unpaired) electrons. The Labute approximate surface area is 64.7 Å². The summed E-state index contributed by atoms with van der Waals surface area (Å²) in [6.07, 6.45) is 1.65. The summed E-state index contributed by atoms with van der Waals surface area (Å²) in [6.45, 7) is 1.67. The van der Waals surface area contributed by atoms with Gasteiger partial charge in [0.15, 0.2) is 0 Å². The van der Waals surface area contributed by atoms with Crippen molar-refractivity contribution in [2.45, 2.75) is 19.8 Å². The molecule has 0 unspecified atom stereocenters. The normalized spacial score (nSPS) is 11.2. The van der Waals surface area contributed by atoms with E-state index in [2.05, 4.69) is 0 Å². The smallest absolute Gasteiger partial charge is 0.303 e. The van der Waals surface area contributed by atoms with Crippen LogP contribution in [-0.2, 0) is 9.59 Å². The Morgan fingerprint density at radius 2 is 2.00 bits per heavy atom. The highest BCUT2D eigenvalue weighted by Crippen LogP contribution is 2.02. The lowest BCUT2D eigenvalue weighted by Gasteiger charge is -1.94. The number of allylic oxidation sites excluding steroid dienone is 1. The zero-order valence-corrected chi connectivity index (χ0v) is 6.33. The fourth-order valence-electron chi connectivity index (χ4n) is 0.619. The highest BCUT2D eigenvalue weighted by atomic mass is 16.4. The van der Waals surface area contributed by atoms with Gasteiger partial charge in [0.2, 0.25) is 5.91 Å². The number of amides is 1. The van der Waals surface area contributed by atoms with Gasteiger partial charge in [0.25, 0.3) is 0 Å². The van der Waals surface area contributed by atoms with Crippen LogP contribution >= 0.6 is 0 Å². The fourth-order valence-corrected chi connectivity index (χ4v) is 0.619. The zero-order chi connectivity index (χ0) is 8.85. The SMILES string of the molecule is CC(=CC(N)=O)CCC(=O)O. The molecule has 0 aromatic rings. The summed E-state index contributed by atoms with van der Waals surface area (Å²) in [5, 5.41) is 8.25. The Bertz CT molecular complexity index is 196. The van der Waals surface area contributed by atoms with Crippen molar-refractivity contribution in [2.24, 2.45) is 5.73 Å². The molecule has 0 saturated heterocycles. The average Bonchev–Trinajstić information content (AvgIpc) is 1.82. The Hall–Kier alpha value is -1.32. The van der Waals surface area contributed by atoms with Gasteiger partial charge in [-0.2, -0.15) is 0 Å². The van der Waals surface area contributed by atoms with Crippen LogP contribution < -0.4 is 5.73 Å². The quantitative estimate of drug-likeness (QED) is 0.575. The Kier molecular flexibility index (Phi) is 3.95. The minimum Gasteiger partial charge on any atom is -0.481 e. The summed E-state index contributed by atoms with van der Waals surface area (Å²) in [6, 6.07) is 0. The molecular weight excluding hydrogens is 146 g/mol. The summed E-state index contributed by atoms with van der Waals surface area (Å²) >= 11 is 0. The topological polar surface area (TPSA) is 80.4 Å². The lowest BCUT2D eigenvalue weighted by atomic mass is 10.1. The maximum absolute atomic E-state index is 10.3. The highest BCUT2D eigenvalue weighted by Gasteiger charge is 1.98. The molecule has 0 aliphatic carbocycles. The van der Waals surface area contributed by atoms with Crippen LogP contribution in [0.25, 0.3) is 0 Å². The molecule has 0 aliphatic heterocycles. The Morgan fingerprint density at radius 3 is 2.36 bits per heavy atom. The van der Waals surface area contributed by atoms with E-state index in [1.54, 1.807) is 6.92 Å². The number of carbonyl (C=O) groups is 2. The van der Waals surface area contributed by atoms with E-state index in [1.807, 2.05) is 0 Å². The highest BCUT2D eigenvalue weighted by molar-refractivity contribution is 5.86. The van der Waals surface area contributed by atoms with Crippen LogP contribution in [0.3, 0.4) is 0 Å². The lowest BCUT2D eigenvalue weighted by molar-refractivity contribution is -0.137. The van der Waals surface area contributed by atoms with E-state index in [1.165, 1.54) is 6.08 Å². The number of carbonyl (C=O) groups excluding carboxylic acids is 1. The monoisotopic (exact) mass is 157 g/mol. The van der Waals surface area contributed by atoms with E-state index in [-0.39, 0.29) is 6.42 Å². The van der Waals surface area contributed by atoms with E-state index in [9.17, 15) is 9.59 Å². The maximum atomic E-state index is 10.3. The second-order valence-electron chi connectivity index (χ2n) is 2.29. The third kappa shape index (κ3) is 6.57. The number of hydrogen-bond acceptors (Lipinski definition) is 2. The van der Waals surface area contributed by atoms with Crippen LogP contribution in [0.4, 0.5) is 0 Å². The number of rotatable bonds is 4. The summed E-state index contributed by atoms with van der Waals surface area (Å²) < 4.78 is 0. The molecule has 0 aliphatic rings. The van der Waals surface area contributed by atoms with Crippen LogP contribution in [0, 0.1) is 0 Å². The van der Waals surface area contributed by atoms with Gasteiger partial charge < -0.3 is 10.8 Å². The second kappa shape index (κ2) is 4.49.